The Kier molecular flexibility index (Phi) is 2.04. The van der Waals surface area contributed by atoms with Crippen LogP contribution in [0.1, 0.15) is 26.4 Å². The zero-order chi connectivity index (χ0) is 11.8. The SMILES string of the molecule is O=C1c2ccccc2C(=O)N1Cc1cnc[nH]1. The standard InChI is InChI=1S/C12H9N3O2/c16-11-9-3-1-2-4-10(9)12(17)15(11)6-8-5-13-7-14-8/h1-5,7H,6H2,(H,13,14). The molecule has 0 unspecified atom stereocenters. The molecule has 0 saturated carbocycles. The van der Waals surface area contributed by atoms with Crippen LogP contribution < -0.4 is 0 Å². The van der Waals surface area contributed by atoms with Crippen LogP contribution in [0.25, 0.3) is 0 Å². The van der Waals surface area contributed by atoms with Gasteiger partial charge < -0.3 is 4.98 Å². The van der Waals surface area contributed by atoms with Crippen LogP contribution in [0.2, 0.25) is 0 Å². The molecule has 1 aromatic heterocycles. The molecule has 5 nitrogen and oxygen atoms in total. The van der Waals surface area contributed by atoms with E-state index in [0.717, 1.165) is 5.69 Å². The van der Waals surface area contributed by atoms with E-state index < -0.39 is 0 Å². The second-order valence-electron chi connectivity index (χ2n) is 3.82. The van der Waals surface area contributed by atoms with E-state index in [4.69, 9.17) is 0 Å². The van der Waals surface area contributed by atoms with Gasteiger partial charge in [0.15, 0.2) is 0 Å². The lowest BCUT2D eigenvalue weighted by molar-refractivity contribution is 0.0640. The summed E-state index contributed by atoms with van der Waals surface area (Å²) in [7, 11) is 0. The van der Waals surface area contributed by atoms with Crippen molar-refractivity contribution in [2.75, 3.05) is 0 Å². The van der Waals surface area contributed by atoms with E-state index in [2.05, 4.69) is 9.97 Å². The van der Waals surface area contributed by atoms with Crippen molar-refractivity contribution in [3.05, 3.63) is 53.6 Å². The van der Waals surface area contributed by atoms with Gasteiger partial charge in [0.25, 0.3) is 11.8 Å². The minimum atomic E-state index is -0.250. The molecule has 0 saturated heterocycles. The van der Waals surface area contributed by atoms with Crippen molar-refractivity contribution >= 4 is 11.8 Å². The van der Waals surface area contributed by atoms with Crippen molar-refractivity contribution in [1.82, 2.24) is 14.9 Å². The third kappa shape index (κ3) is 1.44. The minimum Gasteiger partial charge on any atom is -0.347 e. The summed E-state index contributed by atoms with van der Waals surface area (Å²) in [6.45, 7) is 0.229. The summed E-state index contributed by atoms with van der Waals surface area (Å²) in [4.78, 5) is 32.0. The van der Waals surface area contributed by atoms with Gasteiger partial charge >= 0.3 is 0 Å². The van der Waals surface area contributed by atoms with Crippen LogP contribution in [-0.2, 0) is 6.54 Å². The highest BCUT2D eigenvalue weighted by Crippen LogP contribution is 2.23. The number of carbonyl (C=O) groups is 2. The van der Waals surface area contributed by atoms with Crippen molar-refractivity contribution in [2.45, 2.75) is 6.54 Å². The molecule has 1 aromatic carbocycles. The monoisotopic (exact) mass is 227 g/mol. The third-order valence-electron chi connectivity index (χ3n) is 2.76. The maximum Gasteiger partial charge on any atom is 0.261 e. The van der Waals surface area contributed by atoms with Gasteiger partial charge in [0.05, 0.1) is 29.7 Å². The average molecular weight is 227 g/mol. The lowest BCUT2D eigenvalue weighted by Crippen LogP contribution is -2.29. The highest BCUT2D eigenvalue weighted by Gasteiger charge is 2.35. The quantitative estimate of drug-likeness (QED) is 0.784. The first-order chi connectivity index (χ1) is 8.27. The topological polar surface area (TPSA) is 66.1 Å². The molecular weight excluding hydrogens is 218 g/mol. The lowest BCUT2D eigenvalue weighted by atomic mass is 10.1. The molecule has 2 heterocycles. The molecule has 1 aliphatic heterocycles. The number of aromatic amines is 1. The Hall–Kier alpha value is -2.43. The number of imide groups is 1. The van der Waals surface area contributed by atoms with Gasteiger partial charge in [-0.05, 0) is 12.1 Å². The van der Waals surface area contributed by atoms with Crippen molar-refractivity contribution in [3.8, 4) is 0 Å². The molecule has 2 amide bonds. The molecule has 0 radical (unpaired) electrons. The third-order valence-corrected chi connectivity index (χ3v) is 2.76. The molecule has 84 valence electrons. The molecule has 3 rings (SSSR count). The number of nitrogens with zero attached hydrogens (tertiary/aromatic N) is 2. The summed E-state index contributed by atoms with van der Waals surface area (Å²) >= 11 is 0. The van der Waals surface area contributed by atoms with Crippen LogP contribution in [0.5, 0.6) is 0 Å². The van der Waals surface area contributed by atoms with Gasteiger partial charge in [-0.25, -0.2) is 4.98 Å². The van der Waals surface area contributed by atoms with E-state index in [-0.39, 0.29) is 18.4 Å². The number of nitrogens with one attached hydrogen (secondary N) is 1. The maximum absolute atomic E-state index is 12.0. The van der Waals surface area contributed by atoms with E-state index in [9.17, 15) is 9.59 Å². The first kappa shape index (κ1) is 9.77. The molecule has 17 heavy (non-hydrogen) atoms. The number of amides is 2. The summed E-state index contributed by atoms with van der Waals surface area (Å²) in [6, 6.07) is 6.85. The molecule has 0 spiro atoms. The van der Waals surface area contributed by atoms with Crippen LogP contribution in [-0.4, -0.2) is 26.7 Å². The largest absolute Gasteiger partial charge is 0.347 e. The molecule has 0 fully saturated rings. The number of benzene rings is 1. The Morgan fingerprint density at radius 2 is 1.76 bits per heavy atom. The number of hydrogen-bond donors (Lipinski definition) is 1. The summed E-state index contributed by atoms with van der Waals surface area (Å²) < 4.78 is 0. The van der Waals surface area contributed by atoms with Gasteiger partial charge in [-0.1, -0.05) is 12.1 Å². The summed E-state index contributed by atoms with van der Waals surface area (Å²) in [5, 5.41) is 0. The van der Waals surface area contributed by atoms with Crippen LogP contribution in [0.4, 0.5) is 0 Å². The fourth-order valence-electron chi connectivity index (χ4n) is 1.92. The van der Waals surface area contributed by atoms with E-state index >= 15 is 0 Å². The van der Waals surface area contributed by atoms with Crippen molar-refractivity contribution in [1.29, 1.82) is 0 Å². The van der Waals surface area contributed by atoms with Crippen LogP contribution in [0.15, 0.2) is 36.8 Å². The van der Waals surface area contributed by atoms with Crippen molar-refractivity contribution in [2.24, 2.45) is 0 Å². The van der Waals surface area contributed by atoms with Gasteiger partial charge in [0, 0.05) is 6.20 Å². The zero-order valence-corrected chi connectivity index (χ0v) is 8.88. The second kappa shape index (κ2) is 3.55. The fraction of sp³-hybridized carbons (Fsp3) is 0.0833. The first-order valence-electron chi connectivity index (χ1n) is 5.20. The predicted molar refractivity (Wildman–Crippen MR) is 59.2 cm³/mol. The Morgan fingerprint density at radius 1 is 1.12 bits per heavy atom. The van der Waals surface area contributed by atoms with Crippen LogP contribution in [0.3, 0.4) is 0 Å². The Morgan fingerprint density at radius 3 is 2.29 bits per heavy atom. The molecule has 2 aromatic rings. The van der Waals surface area contributed by atoms with E-state index in [0.29, 0.717) is 11.1 Å². The highest BCUT2D eigenvalue weighted by atomic mass is 16.2. The zero-order valence-electron chi connectivity index (χ0n) is 8.88. The summed E-state index contributed by atoms with van der Waals surface area (Å²) in [5.74, 6) is -0.500. The Labute approximate surface area is 97.1 Å². The molecule has 5 heteroatoms. The Bertz CT molecular complexity index is 555. The van der Waals surface area contributed by atoms with Crippen molar-refractivity contribution < 1.29 is 9.59 Å². The lowest BCUT2D eigenvalue weighted by Gasteiger charge is -2.11. The van der Waals surface area contributed by atoms with Crippen LogP contribution >= 0.6 is 0 Å². The molecule has 0 aliphatic carbocycles. The number of H-pyrrole nitrogens is 1. The number of rotatable bonds is 2. The van der Waals surface area contributed by atoms with E-state index in [1.165, 1.54) is 11.2 Å². The van der Waals surface area contributed by atoms with Crippen molar-refractivity contribution in [3.63, 3.8) is 0 Å². The molecular formula is C12H9N3O2. The highest BCUT2D eigenvalue weighted by molar-refractivity contribution is 6.21. The summed E-state index contributed by atoms with van der Waals surface area (Å²) in [6.07, 6.45) is 3.12. The predicted octanol–water partition coefficient (Wildman–Crippen LogP) is 1.21. The van der Waals surface area contributed by atoms with Gasteiger partial charge in [0.2, 0.25) is 0 Å². The van der Waals surface area contributed by atoms with Gasteiger partial charge in [-0.2, -0.15) is 0 Å². The minimum absolute atomic E-state index is 0.229. The summed E-state index contributed by atoms with van der Waals surface area (Å²) in [5.41, 5.74) is 1.67. The maximum atomic E-state index is 12.0. The van der Waals surface area contributed by atoms with Crippen LogP contribution in [0, 0.1) is 0 Å². The van der Waals surface area contributed by atoms with E-state index in [1.807, 2.05) is 0 Å². The molecule has 1 aliphatic rings. The number of carbonyl (C=O) groups excluding carboxylic acids is 2. The molecule has 0 bridgehead atoms. The average Bonchev–Trinajstić information content (AvgIpc) is 2.94. The molecule has 0 atom stereocenters. The Balaban J connectivity index is 1.95. The first-order valence-corrected chi connectivity index (χ1v) is 5.20. The molecule has 1 N–H and O–H groups in total. The van der Waals surface area contributed by atoms with Gasteiger partial charge in [-0.3, -0.25) is 14.5 Å². The fourth-order valence-corrected chi connectivity index (χ4v) is 1.92. The number of hydrogen-bond acceptors (Lipinski definition) is 3. The second-order valence-corrected chi connectivity index (χ2v) is 3.82. The normalized spacial score (nSPS) is 14.2. The van der Waals surface area contributed by atoms with E-state index in [1.54, 1.807) is 30.5 Å². The number of imidazole rings is 1. The van der Waals surface area contributed by atoms with Gasteiger partial charge in [0.1, 0.15) is 0 Å². The van der Waals surface area contributed by atoms with Gasteiger partial charge in [-0.15, -0.1) is 0 Å². The number of aromatic nitrogens is 2. The number of fused-ring (bicyclic) bond motifs is 1. The smallest absolute Gasteiger partial charge is 0.261 e.